The van der Waals surface area contributed by atoms with Crippen LogP contribution in [0.2, 0.25) is 0 Å². The highest BCUT2D eigenvalue weighted by molar-refractivity contribution is 6.00. The second-order valence-corrected chi connectivity index (χ2v) is 5.21. The Morgan fingerprint density at radius 1 is 1.35 bits per heavy atom. The molecule has 0 spiro atoms. The van der Waals surface area contributed by atoms with Gasteiger partial charge in [-0.2, -0.15) is 0 Å². The molecule has 1 rings (SSSR count). The van der Waals surface area contributed by atoms with Crippen LogP contribution in [0.25, 0.3) is 0 Å². The molecule has 0 radical (unpaired) electrons. The average molecular weight is 279 g/mol. The number of hydrogen-bond donors (Lipinski definition) is 2. The fourth-order valence-corrected chi connectivity index (χ4v) is 1.64. The van der Waals surface area contributed by atoms with Crippen LogP contribution in [-0.4, -0.2) is 22.9 Å². The van der Waals surface area contributed by atoms with Crippen molar-refractivity contribution in [2.45, 2.75) is 39.7 Å². The van der Waals surface area contributed by atoms with Crippen LogP contribution in [0.4, 0.5) is 11.4 Å². The van der Waals surface area contributed by atoms with E-state index in [-0.39, 0.29) is 17.1 Å². The monoisotopic (exact) mass is 279 g/mol. The predicted octanol–water partition coefficient (Wildman–Crippen LogP) is 2.95. The fourth-order valence-electron chi connectivity index (χ4n) is 1.64. The SMILES string of the molecule is CCNc1ccc([N+](=O)[O-])cc1C(=O)NC(C)(C)CC. The zero-order chi connectivity index (χ0) is 15.3. The molecule has 1 aromatic carbocycles. The van der Waals surface area contributed by atoms with Crippen LogP contribution in [0.1, 0.15) is 44.5 Å². The molecule has 0 saturated heterocycles. The molecule has 6 nitrogen and oxygen atoms in total. The van der Waals surface area contributed by atoms with Crippen molar-refractivity contribution in [3.05, 3.63) is 33.9 Å². The second kappa shape index (κ2) is 6.36. The van der Waals surface area contributed by atoms with E-state index in [0.717, 1.165) is 6.42 Å². The largest absolute Gasteiger partial charge is 0.385 e. The molecule has 0 aromatic heterocycles. The van der Waals surface area contributed by atoms with Gasteiger partial charge < -0.3 is 10.6 Å². The van der Waals surface area contributed by atoms with Crippen molar-refractivity contribution >= 4 is 17.3 Å². The molecule has 0 fully saturated rings. The molecular weight excluding hydrogens is 258 g/mol. The molecule has 0 aliphatic rings. The van der Waals surface area contributed by atoms with Gasteiger partial charge in [0, 0.05) is 29.9 Å². The van der Waals surface area contributed by atoms with E-state index in [0.29, 0.717) is 17.8 Å². The van der Waals surface area contributed by atoms with Crippen molar-refractivity contribution in [2.24, 2.45) is 0 Å². The number of nitrogens with zero attached hydrogens (tertiary/aromatic N) is 1. The Morgan fingerprint density at radius 3 is 2.50 bits per heavy atom. The van der Waals surface area contributed by atoms with Gasteiger partial charge in [0.2, 0.25) is 0 Å². The molecule has 0 atom stereocenters. The Balaban J connectivity index is 3.15. The Hall–Kier alpha value is -2.11. The van der Waals surface area contributed by atoms with E-state index < -0.39 is 4.92 Å². The summed E-state index contributed by atoms with van der Waals surface area (Å²) in [5.41, 5.74) is 0.446. The third-order valence-electron chi connectivity index (χ3n) is 3.16. The summed E-state index contributed by atoms with van der Waals surface area (Å²) in [6, 6.07) is 4.26. The summed E-state index contributed by atoms with van der Waals surface area (Å²) in [7, 11) is 0. The number of carbonyl (C=O) groups is 1. The van der Waals surface area contributed by atoms with Crippen LogP contribution < -0.4 is 10.6 Å². The standard InChI is InChI=1S/C14H21N3O3/c1-5-14(3,4)16-13(18)11-9-10(17(19)20)7-8-12(11)15-6-2/h7-9,15H,5-6H2,1-4H3,(H,16,18). The van der Waals surface area contributed by atoms with Gasteiger partial charge in [0.05, 0.1) is 10.5 Å². The molecular formula is C14H21N3O3. The lowest BCUT2D eigenvalue weighted by molar-refractivity contribution is -0.384. The van der Waals surface area contributed by atoms with Crippen molar-refractivity contribution in [2.75, 3.05) is 11.9 Å². The molecule has 110 valence electrons. The first-order chi connectivity index (χ1) is 9.30. The number of carbonyl (C=O) groups excluding carboxylic acids is 1. The zero-order valence-electron chi connectivity index (χ0n) is 12.3. The van der Waals surface area contributed by atoms with Gasteiger partial charge in [-0.05, 0) is 33.3 Å². The maximum atomic E-state index is 12.3. The fraction of sp³-hybridized carbons (Fsp3) is 0.500. The van der Waals surface area contributed by atoms with Crippen LogP contribution in [0, 0.1) is 10.1 Å². The molecule has 0 saturated carbocycles. The number of amides is 1. The maximum absolute atomic E-state index is 12.3. The molecule has 0 aliphatic carbocycles. The van der Waals surface area contributed by atoms with Gasteiger partial charge in [-0.15, -0.1) is 0 Å². The molecule has 1 amide bonds. The second-order valence-electron chi connectivity index (χ2n) is 5.21. The minimum absolute atomic E-state index is 0.0916. The number of anilines is 1. The summed E-state index contributed by atoms with van der Waals surface area (Å²) in [4.78, 5) is 22.7. The van der Waals surface area contributed by atoms with E-state index in [1.165, 1.54) is 12.1 Å². The Bertz CT molecular complexity index is 512. The molecule has 6 heteroatoms. The van der Waals surface area contributed by atoms with Gasteiger partial charge in [-0.25, -0.2) is 0 Å². The minimum Gasteiger partial charge on any atom is -0.385 e. The molecule has 0 aliphatic heterocycles. The van der Waals surface area contributed by atoms with E-state index in [2.05, 4.69) is 10.6 Å². The summed E-state index contributed by atoms with van der Waals surface area (Å²) in [6.45, 7) is 8.33. The average Bonchev–Trinajstić information content (AvgIpc) is 2.38. The lowest BCUT2D eigenvalue weighted by atomic mass is 10.0. The first-order valence-corrected chi connectivity index (χ1v) is 6.65. The normalized spacial score (nSPS) is 11.0. The van der Waals surface area contributed by atoms with E-state index in [1.807, 2.05) is 27.7 Å². The summed E-state index contributed by atoms with van der Waals surface area (Å²) < 4.78 is 0. The summed E-state index contributed by atoms with van der Waals surface area (Å²) >= 11 is 0. The highest BCUT2D eigenvalue weighted by Crippen LogP contribution is 2.23. The molecule has 0 bridgehead atoms. The number of benzene rings is 1. The van der Waals surface area contributed by atoms with Crippen molar-refractivity contribution in [1.29, 1.82) is 0 Å². The van der Waals surface area contributed by atoms with Gasteiger partial charge >= 0.3 is 0 Å². The van der Waals surface area contributed by atoms with Crippen molar-refractivity contribution in [3.63, 3.8) is 0 Å². The molecule has 0 unspecified atom stereocenters. The van der Waals surface area contributed by atoms with E-state index >= 15 is 0 Å². The number of nitro benzene ring substituents is 1. The van der Waals surface area contributed by atoms with Crippen LogP contribution in [-0.2, 0) is 0 Å². The predicted molar refractivity (Wildman–Crippen MR) is 79.1 cm³/mol. The third kappa shape index (κ3) is 3.94. The molecule has 2 N–H and O–H groups in total. The van der Waals surface area contributed by atoms with E-state index in [9.17, 15) is 14.9 Å². The van der Waals surface area contributed by atoms with Crippen LogP contribution in [0.15, 0.2) is 18.2 Å². The lowest BCUT2D eigenvalue weighted by Crippen LogP contribution is -2.43. The van der Waals surface area contributed by atoms with Crippen LogP contribution in [0.5, 0.6) is 0 Å². The molecule has 20 heavy (non-hydrogen) atoms. The molecule has 1 aromatic rings. The molecule has 0 heterocycles. The van der Waals surface area contributed by atoms with Crippen molar-refractivity contribution < 1.29 is 9.72 Å². The Labute approximate surface area is 118 Å². The highest BCUT2D eigenvalue weighted by atomic mass is 16.6. The van der Waals surface area contributed by atoms with Gasteiger partial charge in [0.15, 0.2) is 0 Å². The first kappa shape index (κ1) is 15.9. The van der Waals surface area contributed by atoms with Gasteiger partial charge in [-0.1, -0.05) is 6.92 Å². The van der Waals surface area contributed by atoms with Crippen molar-refractivity contribution in [1.82, 2.24) is 5.32 Å². The lowest BCUT2D eigenvalue weighted by Gasteiger charge is -2.25. The number of nitro groups is 1. The van der Waals surface area contributed by atoms with Crippen LogP contribution >= 0.6 is 0 Å². The highest BCUT2D eigenvalue weighted by Gasteiger charge is 2.22. The van der Waals surface area contributed by atoms with Gasteiger partial charge in [0.1, 0.15) is 0 Å². The summed E-state index contributed by atoms with van der Waals surface area (Å²) in [5, 5.41) is 16.8. The van der Waals surface area contributed by atoms with Crippen molar-refractivity contribution in [3.8, 4) is 0 Å². The first-order valence-electron chi connectivity index (χ1n) is 6.65. The third-order valence-corrected chi connectivity index (χ3v) is 3.16. The Morgan fingerprint density at radius 2 is 2.00 bits per heavy atom. The number of rotatable bonds is 6. The quantitative estimate of drug-likeness (QED) is 0.619. The van der Waals surface area contributed by atoms with E-state index in [4.69, 9.17) is 0 Å². The summed E-state index contributed by atoms with van der Waals surface area (Å²) in [5.74, 6) is -0.309. The maximum Gasteiger partial charge on any atom is 0.270 e. The van der Waals surface area contributed by atoms with Gasteiger partial charge in [0.25, 0.3) is 11.6 Å². The minimum atomic E-state index is -0.503. The smallest absolute Gasteiger partial charge is 0.270 e. The van der Waals surface area contributed by atoms with E-state index in [1.54, 1.807) is 6.07 Å². The number of non-ortho nitro benzene ring substituents is 1. The Kier molecular flexibility index (Phi) is 5.07. The van der Waals surface area contributed by atoms with Crippen LogP contribution in [0.3, 0.4) is 0 Å². The summed E-state index contributed by atoms with van der Waals surface area (Å²) in [6.07, 6.45) is 0.768. The number of nitrogens with one attached hydrogen (secondary N) is 2. The van der Waals surface area contributed by atoms with Gasteiger partial charge in [-0.3, -0.25) is 14.9 Å². The number of hydrogen-bond acceptors (Lipinski definition) is 4. The zero-order valence-corrected chi connectivity index (χ0v) is 12.3. The topological polar surface area (TPSA) is 84.3 Å².